The highest BCUT2D eigenvalue weighted by Crippen LogP contribution is 2.20. The third-order valence-electron chi connectivity index (χ3n) is 3.55. The van der Waals surface area contributed by atoms with Gasteiger partial charge in [0.1, 0.15) is 5.52 Å². The third kappa shape index (κ3) is 2.16. The normalized spacial score (nSPS) is 14.8. The number of nitrogens with zero attached hydrogens (tertiary/aromatic N) is 4. The summed E-state index contributed by atoms with van der Waals surface area (Å²) < 4.78 is 1.79. The van der Waals surface area contributed by atoms with E-state index in [0.717, 1.165) is 23.4 Å². The molecule has 4 rings (SSSR count). The molecule has 100 valence electrons. The molecule has 5 nitrogen and oxygen atoms in total. The summed E-state index contributed by atoms with van der Waals surface area (Å²) in [5.74, 6) is 0.814. The van der Waals surface area contributed by atoms with Gasteiger partial charge in [-0.3, -0.25) is 0 Å². The third-order valence-corrected chi connectivity index (χ3v) is 3.55. The molecular weight excluding hydrogens is 250 g/mol. The number of hydrogen-bond acceptors (Lipinski definition) is 4. The molecule has 0 amide bonds. The van der Waals surface area contributed by atoms with E-state index < -0.39 is 0 Å². The van der Waals surface area contributed by atoms with Crippen LogP contribution < -0.4 is 5.32 Å². The van der Waals surface area contributed by atoms with E-state index in [0.29, 0.717) is 6.04 Å². The van der Waals surface area contributed by atoms with Gasteiger partial charge in [0.15, 0.2) is 5.82 Å². The topological polar surface area (TPSA) is 55.6 Å². The zero-order valence-corrected chi connectivity index (χ0v) is 11.0. The van der Waals surface area contributed by atoms with Crippen LogP contribution >= 0.6 is 0 Å². The summed E-state index contributed by atoms with van der Waals surface area (Å²) in [6.07, 6.45) is 4.42. The molecule has 1 aliphatic rings. The molecule has 1 fully saturated rings. The maximum atomic E-state index is 4.41. The predicted molar refractivity (Wildman–Crippen MR) is 76.5 cm³/mol. The first-order valence-corrected chi connectivity index (χ1v) is 6.89. The molecular formula is C15H15N5. The summed E-state index contributed by atoms with van der Waals surface area (Å²) in [5.41, 5.74) is 3.09. The van der Waals surface area contributed by atoms with Crippen LogP contribution in [0.1, 0.15) is 18.4 Å². The zero-order chi connectivity index (χ0) is 13.4. The van der Waals surface area contributed by atoms with E-state index in [9.17, 15) is 0 Å². The zero-order valence-electron chi connectivity index (χ0n) is 11.0. The number of pyridine rings is 1. The van der Waals surface area contributed by atoms with Gasteiger partial charge in [0, 0.05) is 18.8 Å². The van der Waals surface area contributed by atoms with E-state index in [1.54, 1.807) is 4.68 Å². The number of fused-ring (bicyclic) bond motifs is 1. The standard InChI is InChI=1S/C15H15N5/c1-2-4-14-13(3-1)18-19-20(14)15-9-11(7-8-16-15)10-17-12-5-6-12/h1-4,7-9,12,17H,5-6,10H2. The lowest BCUT2D eigenvalue weighted by molar-refractivity contribution is 0.685. The van der Waals surface area contributed by atoms with Crippen LogP contribution in [0.25, 0.3) is 16.9 Å². The summed E-state index contributed by atoms with van der Waals surface area (Å²) >= 11 is 0. The van der Waals surface area contributed by atoms with Crippen LogP contribution in [0.15, 0.2) is 42.6 Å². The maximum Gasteiger partial charge on any atom is 0.156 e. The molecule has 0 atom stereocenters. The van der Waals surface area contributed by atoms with E-state index in [2.05, 4.69) is 26.7 Å². The minimum Gasteiger partial charge on any atom is -0.310 e. The van der Waals surface area contributed by atoms with Crippen molar-refractivity contribution in [1.29, 1.82) is 0 Å². The molecule has 3 aromatic rings. The summed E-state index contributed by atoms with van der Waals surface area (Å²) in [6.45, 7) is 0.882. The average molecular weight is 265 g/mol. The van der Waals surface area contributed by atoms with E-state index >= 15 is 0 Å². The van der Waals surface area contributed by atoms with Gasteiger partial charge in [0.25, 0.3) is 0 Å². The van der Waals surface area contributed by atoms with Gasteiger partial charge in [-0.2, -0.15) is 4.68 Å². The molecule has 20 heavy (non-hydrogen) atoms. The average Bonchev–Trinajstić information content (AvgIpc) is 3.23. The van der Waals surface area contributed by atoms with Gasteiger partial charge >= 0.3 is 0 Å². The van der Waals surface area contributed by atoms with Crippen molar-refractivity contribution in [3.8, 4) is 5.82 Å². The van der Waals surface area contributed by atoms with Crippen molar-refractivity contribution in [3.63, 3.8) is 0 Å². The van der Waals surface area contributed by atoms with Gasteiger partial charge in [-0.15, -0.1) is 5.10 Å². The van der Waals surface area contributed by atoms with Crippen molar-refractivity contribution in [2.75, 3.05) is 0 Å². The van der Waals surface area contributed by atoms with Gasteiger partial charge in [-0.05, 0) is 42.7 Å². The van der Waals surface area contributed by atoms with Crippen LogP contribution in [0, 0.1) is 0 Å². The molecule has 0 aliphatic heterocycles. The highest BCUT2D eigenvalue weighted by molar-refractivity contribution is 5.75. The molecule has 1 aliphatic carbocycles. The lowest BCUT2D eigenvalue weighted by Crippen LogP contribution is -2.15. The highest BCUT2D eigenvalue weighted by Gasteiger charge is 2.20. The first-order valence-electron chi connectivity index (χ1n) is 6.89. The van der Waals surface area contributed by atoms with Crippen LogP contribution in [-0.4, -0.2) is 26.0 Å². The number of aromatic nitrogens is 4. The van der Waals surface area contributed by atoms with Crippen molar-refractivity contribution < 1.29 is 0 Å². The Balaban J connectivity index is 1.68. The van der Waals surface area contributed by atoms with Crippen molar-refractivity contribution in [3.05, 3.63) is 48.2 Å². The van der Waals surface area contributed by atoms with E-state index in [1.807, 2.05) is 36.5 Å². The van der Waals surface area contributed by atoms with Gasteiger partial charge in [-0.1, -0.05) is 17.3 Å². The van der Waals surface area contributed by atoms with E-state index in [4.69, 9.17) is 0 Å². The molecule has 5 heteroatoms. The van der Waals surface area contributed by atoms with Gasteiger partial charge in [0.05, 0.1) is 5.52 Å². The van der Waals surface area contributed by atoms with Crippen molar-refractivity contribution in [2.24, 2.45) is 0 Å². The number of hydrogen-bond donors (Lipinski definition) is 1. The minimum absolute atomic E-state index is 0.707. The maximum absolute atomic E-state index is 4.41. The van der Waals surface area contributed by atoms with Crippen molar-refractivity contribution in [1.82, 2.24) is 25.3 Å². The Hall–Kier alpha value is -2.27. The first-order chi connectivity index (χ1) is 9.90. The van der Waals surface area contributed by atoms with Gasteiger partial charge in [-0.25, -0.2) is 4.98 Å². The second-order valence-corrected chi connectivity index (χ2v) is 5.17. The Labute approximate surface area is 116 Å². The Morgan fingerprint density at radius 1 is 1.20 bits per heavy atom. The van der Waals surface area contributed by atoms with Crippen LogP contribution in [0.5, 0.6) is 0 Å². The molecule has 2 aromatic heterocycles. The molecule has 0 radical (unpaired) electrons. The molecule has 1 saturated carbocycles. The SMILES string of the molecule is c1ccc2c(c1)nnn2-c1cc(CNC2CC2)ccn1. The van der Waals surface area contributed by atoms with Crippen molar-refractivity contribution >= 4 is 11.0 Å². The van der Waals surface area contributed by atoms with Crippen molar-refractivity contribution in [2.45, 2.75) is 25.4 Å². The highest BCUT2D eigenvalue weighted by atomic mass is 15.4. The largest absolute Gasteiger partial charge is 0.310 e. The Morgan fingerprint density at radius 2 is 2.10 bits per heavy atom. The summed E-state index contributed by atoms with van der Waals surface area (Å²) in [6, 6.07) is 12.7. The predicted octanol–water partition coefficient (Wildman–Crippen LogP) is 2.07. The summed E-state index contributed by atoms with van der Waals surface area (Å²) in [5, 5.41) is 11.9. The minimum atomic E-state index is 0.707. The number of rotatable bonds is 4. The van der Waals surface area contributed by atoms with Gasteiger partial charge in [0.2, 0.25) is 0 Å². The second kappa shape index (κ2) is 4.68. The molecule has 0 unspecified atom stereocenters. The quantitative estimate of drug-likeness (QED) is 0.784. The summed E-state index contributed by atoms with van der Waals surface area (Å²) in [7, 11) is 0. The van der Waals surface area contributed by atoms with Gasteiger partial charge < -0.3 is 5.32 Å². The Bertz CT molecular complexity index is 745. The molecule has 0 spiro atoms. The monoisotopic (exact) mass is 265 g/mol. The lowest BCUT2D eigenvalue weighted by atomic mass is 10.2. The van der Waals surface area contributed by atoms with Crippen LogP contribution in [0.2, 0.25) is 0 Å². The Kier molecular flexibility index (Phi) is 2.70. The first kappa shape index (κ1) is 11.5. The fourth-order valence-electron chi connectivity index (χ4n) is 2.27. The number of nitrogens with one attached hydrogen (secondary N) is 1. The smallest absolute Gasteiger partial charge is 0.156 e. The molecule has 0 bridgehead atoms. The molecule has 0 saturated heterocycles. The fourth-order valence-corrected chi connectivity index (χ4v) is 2.27. The van der Waals surface area contributed by atoms with Crippen LogP contribution in [-0.2, 0) is 6.54 Å². The number of benzene rings is 1. The van der Waals surface area contributed by atoms with Crippen LogP contribution in [0.4, 0.5) is 0 Å². The number of para-hydroxylation sites is 1. The van der Waals surface area contributed by atoms with Crippen LogP contribution in [0.3, 0.4) is 0 Å². The molecule has 2 heterocycles. The van der Waals surface area contributed by atoms with E-state index in [-0.39, 0.29) is 0 Å². The second-order valence-electron chi connectivity index (χ2n) is 5.17. The Morgan fingerprint density at radius 3 is 3.00 bits per heavy atom. The molecule has 1 N–H and O–H groups in total. The van der Waals surface area contributed by atoms with E-state index in [1.165, 1.54) is 18.4 Å². The lowest BCUT2D eigenvalue weighted by Gasteiger charge is -2.06. The fraction of sp³-hybridized carbons (Fsp3) is 0.267. The molecule has 1 aromatic carbocycles. The summed E-state index contributed by atoms with van der Waals surface area (Å²) in [4.78, 5) is 4.41.